The largest absolute Gasteiger partial charge is 0.364 e. The van der Waals surface area contributed by atoms with Crippen LogP contribution >= 0.6 is 11.6 Å². The zero-order valence-corrected chi connectivity index (χ0v) is 16.6. The fraction of sp³-hybridized carbons (Fsp3) is 0.143. The molecule has 0 spiro atoms. The van der Waals surface area contributed by atoms with E-state index in [-0.39, 0.29) is 12.3 Å². The van der Waals surface area contributed by atoms with Gasteiger partial charge in [-0.3, -0.25) is 4.79 Å². The molecule has 2 heterocycles. The zero-order chi connectivity index (χ0) is 20.9. The van der Waals surface area contributed by atoms with Crippen molar-refractivity contribution in [2.24, 2.45) is 0 Å². The van der Waals surface area contributed by atoms with Crippen LogP contribution < -0.4 is 10.6 Å². The van der Waals surface area contributed by atoms with Crippen molar-refractivity contribution in [2.45, 2.75) is 19.4 Å². The monoisotopic (exact) mass is 424 g/mol. The minimum absolute atomic E-state index is 0.163. The first-order valence-corrected chi connectivity index (χ1v) is 9.70. The fourth-order valence-corrected chi connectivity index (χ4v) is 3.13. The number of carbonyl (C=O) groups is 1. The van der Waals surface area contributed by atoms with E-state index in [0.717, 1.165) is 5.56 Å². The van der Waals surface area contributed by atoms with Gasteiger partial charge in [-0.2, -0.15) is 4.52 Å². The normalized spacial score (nSPS) is 10.9. The highest BCUT2D eigenvalue weighted by molar-refractivity contribution is 6.31. The summed E-state index contributed by atoms with van der Waals surface area (Å²) in [6.45, 7) is 0.520. The van der Waals surface area contributed by atoms with Crippen LogP contribution in [0.2, 0.25) is 5.02 Å². The molecule has 0 bridgehead atoms. The lowest BCUT2D eigenvalue weighted by atomic mass is 10.2. The maximum absolute atomic E-state index is 13.2. The van der Waals surface area contributed by atoms with Gasteiger partial charge in [0.15, 0.2) is 11.5 Å². The van der Waals surface area contributed by atoms with Crippen molar-refractivity contribution in [2.75, 3.05) is 10.6 Å². The molecule has 0 saturated carbocycles. The molecule has 2 aromatic carbocycles. The van der Waals surface area contributed by atoms with E-state index < -0.39 is 5.82 Å². The smallest absolute Gasteiger partial charge is 0.224 e. The van der Waals surface area contributed by atoms with Crippen molar-refractivity contribution in [3.8, 4) is 0 Å². The lowest BCUT2D eigenvalue weighted by Gasteiger charge is -2.08. The second kappa shape index (κ2) is 8.87. The Morgan fingerprint density at radius 2 is 1.93 bits per heavy atom. The van der Waals surface area contributed by atoms with Crippen LogP contribution in [0.1, 0.15) is 17.8 Å². The molecule has 2 aromatic heterocycles. The highest BCUT2D eigenvalue weighted by atomic mass is 35.5. The molecule has 0 radical (unpaired) electrons. The van der Waals surface area contributed by atoms with E-state index in [9.17, 15) is 9.18 Å². The van der Waals surface area contributed by atoms with Crippen LogP contribution in [0.5, 0.6) is 0 Å². The summed E-state index contributed by atoms with van der Waals surface area (Å²) in [7, 11) is 0. The number of hydrogen-bond acceptors (Lipinski definition) is 5. The van der Waals surface area contributed by atoms with Gasteiger partial charge in [-0.05, 0) is 42.0 Å². The van der Waals surface area contributed by atoms with Gasteiger partial charge in [0.1, 0.15) is 11.6 Å². The van der Waals surface area contributed by atoms with Crippen LogP contribution in [0.3, 0.4) is 0 Å². The molecule has 0 saturated heterocycles. The molecule has 9 heteroatoms. The lowest BCUT2D eigenvalue weighted by Crippen LogP contribution is -2.14. The minimum atomic E-state index is -0.405. The van der Waals surface area contributed by atoms with E-state index in [1.54, 1.807) is 22.7 Å². The number of carbonyl (C=O) groups excluding carboxylic acids is 1. The molecule has 7 nitrogen and oxygen atoms in total. The van der Waals surface area contributed by atoms with E-state index in [1.165, 1.54) is 18.2 Å². The Morgan fingerprint density at radius 3 is 2.77 bits per heavy atom. The van der Waals surface area contributed by atoms with Gasteiger partial charge in [0, 0.05) is 30.1 Å². The van der Waals surface area contributed by atoms with Gasteiger partial charge < -0.3 is 10.6 Å². The van der Waals surface area contributed by atoms with Gasteiger partial charge in [0.25, 0.3) is 0 Å². The molecular weight excluding hydrogens is 407 g/mol. The van der Waals surface area contributed by atoms with Crippen LogP contribution in [-0.2, 0) is 17.8 Å². The van der Waals surface area contributed by atoms with Gasteiger partial charge in [-0.25, -0.2) is 4.39 Å². The number of nitrogens with zero attached hydrogens (tertiary/aromatic N) is 4. The van der Waals surface area contributed by atoms with Crippen LogP contribution in [0.15, 0.2) is 60.7 Å². The first kappa shape index (κ1) is 19.8. The highest BCUT2D eigenvalue weighted by Crippen LogP contribution is 2.17. The van der Waals surface area contributed by atoms with Gasteiger partial charge >= 0.3 is 0 Å². The lowest BCUT2D eigenvalue weighted by molar-refractivity contribution is -0.116. The van der Waals surface area contributed by atoms with E-state index >= 15 is 0 Å². The molecular formula is C21H18ClFN6O. The van der Waals surface area contributed by atoms with E-state index in [1.807, 2.05) is 24.3 Å². The van der Waals surface area contributed by atoms with Crippen LogP contribution in [-0.4, -0.2) is 25.7 Å². The minimum Gasteiger partial charge on any atom is -0.364 e. The number of benzene rings is 2. The van der Waals surface area contributed by atoms with Gasteiger partial charge in [0.05, 0.1) is 0 Å². The van der Waals surface area contributed by atoms with Gasteiger partial charge in [-0.15, -0.1) is 15.3 Å². The van der Waals surface area contributed by atoms with E-state index in [4.69, 9.17) is 11.6 Å². The standard InChI is InChI=1S/C21H18ClFN6O/c22-17-7-2-1-4-14(17)13-24-18-8-9-19-26-27-20(29(19)28-18)10-11-21(30)25-16-6-3-5-15(23)12-16/h1-9,12H,10-11,13H2,(H,24,28)(H,25,30). The van der Waals surface area contributed by atoms with Crippen molar-refractivity contribution < 1.29 is 9.18 Å². The molecule has 0 fully saturated rings. The van der Waals surface area contributed by atoms with Gasteiger partial charge in [0.2, 0.25) is 5.91 Å². The van der Waals surface area contributed by atoms with Crippen molar-refractivity contribution in [1.29, 1.82) is 0 Å². The predicted molar refractivity (Wildman–Crippen MR) is 113 cm³/mol. The number of amides is 1. The Bertz CT molecular complexity index is 1200. The quantitative estimate of drug-likeness (QED) is 0.466. The molecule has 4 aromatic rings. The molecule has 30 heavy (non-hydrogen) atoms. The third-order valence-electron chi connectivity index (χ3n) is 4.43. The van der Waals surface area contributed by atoms with E-state index in [2.05, 4.69) is 25.9 Å². The molecule has 0 aliphatic heterocycles. The first-order chi connectivity index (χ1) is 14.6. The Labute approximate surface area is 176 Å². The second-order valence-corrected chi connectivity index (χ2v) is 7.02. The number of halogens is 2. The van der Waals surface area contributed by atoms with Crippen LogP contribution in [0.25, 0.3) is 5.65 Å². The predicted octanol–water partition coefficient (Wildman–Crippen LogP) is 4.10. The molecule has 0 unspecified atom stereocenters. The fourth-order valence-electron chi connectivity index (χ4n) is 2.93. The second-order valence-electron chi connectivity index (χ2n) is 6.61. The van der Waals surface area contributed by atoms with Crippen molar-refractivity contribution in [3.63, 3.8) is 0 Å². The van der Waals surface area contributed by atoms with Crippen LogP contribution in [0, 0.1) is 5.82 Å². The maximum atomic E-state index is 13.2. The average molecular weight is 425 g/mol. The summed E-state index contributed by atoms with van der Waals surface area (Å²) < 4.78 is 14.8. The molecule has 0 aliphatic carbocycles. The first-order valence-electron chi connectivity index (χ1n) is 9.32. The average Bonchev–Trinajstić information content (AvgIpc) is 3.14. The number of aromatic nitrogens is 4. The maximum Gasteiger partial charge on any atom is 0.224 e. The molecule has 4 rings (SSSR count). The topological polar surface area (TPSA) is 84.2 Å². The Hall–Kier alpha value is -3.52. The third kappa shape index (κ3) is 4.72. The SMILES string of the molecule is O=C(CCc1nnc2ccc(NCc3ccccc3Cl)nn12)Nc1cccc(F)c1. The summed E-state index contributed by atoms with van der Waals surface area (Å²) in [6.07, 6.45) is 0.500. The Morgan fingerprint density at radius 1 is 1.07 bits per heavy atom. The Kier molecular flexibility index (Phi) is 5.85. The number of aryl methyl sites for hydroxylation is 1. The summed E-state index contributed by atoms with van der Waals surface area (Å²) in [5.41, 5.74) is 1.95. The van der Waals surface area contributed by atoms with Gasteiger partial charge in [-0.1, -0.05) is 35.9 Å². The third-order valence-corrected chi connectivity index (χ3v) is 4.80. The van der Waals surface area contributed by atoms with Crippen molar-refractivity contribution in [3.05, 3.63) is 82.9 Å². The number of hydrogen-bond donors (Lipinski definition) is 2. The summed E-state index contributed by atoms with van der Waals surface area (Å²) in [5, 5.41) is 19.3. The molecule has 1 amide bonds. The molecule has 0 aliphatic rings. The summed E-state index contributed by atoms with van der Waals surface area (Å²) in [5.74, 6) is 0.538. The van der Waals surface area contributed by atoms with E-state index in [0.29, 0.717) is 41.0 Å². The van der Waals surface area contributed by atoms with Crippen LogP contribution in [0.4, 0.5) is 15.9 Å². The highest BCUT2D eigenvalue weighted by Gasteiger charge is 2.11. The zero-order valence-electron chi connectivity index (χ0n) is 15.8. The summed E-state index contributed by atoms with van der Waals surface area (Å²) in [6, 6.07) is 16.9. The van der Waals surface area contributed by atoms with Crippen molar-refractivity contribution >= 4 is 34.7 Å². The number of fused-ring (bicyclic) bond motifs is 1. The number of rotatable bonds is 7. The number of nitrogens with one attached hydrogen (secondary N) is 2. The Balaban J connectivity index is 1.41. The molecule has 0 atom stereocenters. The number of anilines is 2. The molecule has 152 valence electrons. The van der Waals surface area contributed by atoms with Crippen molar-refractivity contribution in [1.82, 2.24) is 19.8 Å². The summed E-state index contributed by atoms with van der Waals surface area (Å²) in [4.78, 5) is 12.2. The summed E-state index contributed by atoms with van der Waals surface area (Å²) >= 11 is 6.19. The molecule has 2 N–H and O–H groups in total.